The van der Waals surface area contributed by atoms with Crippen LogP contribution >= 0.6 is 0 Å². The first kappa shape index (κ1) is 17.5. The van der Waals surface area contributed by atoms with Crippen molar-refractivity contribution in [2.45, 2.75) is 0 Å². The summed E-state index contributed by atoms with van der Waals surface area (Å²) >= 11 is 0. The molecule has 4 rings (SSSR count). The van der Waals surface area contributed by atoms with Crippen molar-refractivity contribution < 1.29 is 18.7 Å². The lowest BCUT2D eigenvalue weighted by molar-refractivity contribution is 0.0734. The molecule has 0 saturated heterocycles. The molecule has 6 nitrogen and oxygen atoms in total. The lowest BCUT2D eigenvalue weighted by atomic mass is 10.1. The molecule has 0 atom stereocenters. The molecule has 0 amide bonds. The molecule has 0 aliphatic rings. The van der Waals surface area contributed by atoms with E-state index in [2.05, 4.69) is 10.2 Å². The van der Waals surface area contributed by atoms with Crippen molar-refractivity contribution >= 4 is 5.97 Å². The van der Waals surface area contributed by atoms with Gasteiger partial charge in [0.05, 0.1) is 12.7 Å². The number of hydrogen-bond donors (Lipinski definition) is 0. The maximum absolute atomic E-state index is 12.3. The lowest BCUT2D eigenvalue weighted by Crippen LogP contribution is -2.08. The average Bonchev–Trinajstić information content (AvgIpc) is 3.25. The number of carbonyl (C=O) groups is 1. The van der Waals surface area contributed by atoms with E-state index in [-0.39, 0.29) is 0 Å². The van der Waals surface area contributed by atoms with Gasteiger partial charge in [-0.05, 0) is 48.5 Å². The van der Waals surface area contributed by atoms with Crippen molar-refractivity contribution in [1.82, 2.24) is 10.2 Å². The number of carbonyl (C=O) groups excluding carboxylic acids is 1. The monoisotopic (exact) mass is 372 g/mol. The number of nitrogens with zero attached hydrogens (tertiary/aromatic N) is 2. The quantitative estimate of drug-likeness (QED) is 0.376. The van der Waals surface area contributed by atoms with Crippen LogP contribution in [0.1, 0.15) is 10.4 Å². The van der Waals surface area contributed by atoms with Gasteiger partial charge in [0.2, 0.25) is 11.8 Å². The van der Waals surface area contributed by atoms with Crippen molar-refractivity contribution in [2.75, 3.05) is 7.11 Å². The van der Waals surface area contributed by atoms with E-state index in [1.54, 1.807) is 55.6 Å². The van der Waals surface area contributed by atoms with Crippen molar-refractivity contribution in [3.05, 3.63) is 84.4 Å². The van der Waals surface area contributed by atoms with Crippen LogP contribution in [-0.4, -0.2) is 23.3 Å². The van der Waals surface area contributed by atoms with Crippen molar-refractivity contribution in [2.24, 2.45) is 0 Å². The maximum atomic E-state index is 12.3. The van der Waals surface area contributed by atoms with E-state index >= 15 is 0 Å². The van der Waals surface area contributed by atoms with E-state index in [9.17, 15) is 4.79 Å². The molecule has 0 aliphatic heterocycles. The zero-order valence-electron chi connectivity index (χ0n) is 15.0. The third-order valence-corrected chi connectivity index (χ3v) is 4.07. The summed E-state index contributed by atoms with van der Waals surface area (Å²) in [5.41, 5.74) is 1.97. The Morgan fingerprint density at radius 3 is 2.11 bits per heavy atom. The Labute approximate surface area is 161 Å². The minimum atomic E-state index is -0.463. The zero-order chi connectivity index (χ0) is 19.3. The third kappa shape index (κ3) is 3.76. The van der Waals surface area contributed by atoms with Gasteiger partial charge >= 0.3 is 5.97 Å². The Hall–Kier alpha value is -3.93. The number of benzene rings is 3. The van der Waals surface area contributed by atoms with Gasteiger partial charge in [-0.15, -0.1) is 10.2 Å². The summed E-state index contributed by atoms with van der Waals surface area (Å²) < 4.78 is 16.2. The molecule has 0 spiro atoms. The molecule has 1 aromatic heterocycles. The Kier molecular flexibility index (Phi) is 4.84. The van der Waals surface area contributed by atoms with Crippen molar-refractivity contribution in [3.63, 3.8) is 0 Å². The fraction of sp³-hybridized carbons (Fsp3) is 0.0455. The van der Waals surface area contributed by atoms with Crippen LogP contribution in [0.4, 0.5) is 0 Å². The normalized spacial score (nSPS) is 10.5. The van der Waals surface area contributed by atoms with Crippen LogP contribution in [0.2, 0.25) is 0 Å². The van der Waals surface area contributed by atoms with Crippen LogP contribution in [0, 0.1) is 0 Å². The summed E-state index contributed by atoms with van der Waals surface area (Å²) in [7, 11) is 1.56. The van der Waals surface area contributed by atoms with Crippen LogP contribution in [0.5, 0.6) is 11.5 Å². The van der Waals surface area contributed by atoms with Crippen LogP contribution in [-0.2, 0) is 0 Å². The standard InChI is InChI=1S/C22H16N2O4/c1-26-18-8-5-9-19(14-18)27-22(25)17-12-10-16(11-13-17)21-24-23-20(28-21)15-6-3-2-4-7-15/h2-14H,1H3. The van der Waals surface area contributed by atoms with E-state index < -0.39 is 5.97 Å². The van der Waals surface area contributed by atoms with Gasteiger partial charge < -0.3 is 13.9 Å². The summed E-state index contributed by atoms with van der Waals surface area (Å²) in [6.45, 7) is 0. The van der Waals surface area contributed by atoms with E-state index in [0.717, 1.165) is 5.56 Å². The summed E-state index contributed by atoms with van der Waals surface area (Å²) in [6, 6.07) is 23.2. The van der Waals surface area contributed by atoms with Crippen LogP contribution < -0.4 is 9.47 Å². The van der Waals surface area contributed by atoms with E-state index in [4.69, 9.17) is 13.9 Å². The van der Waals surface area contributed by atoms with Crippen molar-refractivity contribution in [3.8, 4) is 34.4 Å². The van der Waals surface area contributed by atoms with Gasteiger partial charge in [0.15, 0.2) is 0 Å². The minimum Gasteiger partial charge on any atom is -0.497 e. The topological polar surface area (TPSA) is 74.5 Å². The number of esters is 1. The molecule has 0 bridgehead atoms. The highest BCUT2D eigenvalue weighted by Crippen LogP contribution is 2.24. The van der Waals surface area contributed by atoms with Gasteiger partial charge in [0.25, 0.3) is 0 Å². The van der Waals surface area contributed by atoms with Gasteiger partial charge in [-0.1, -0.05) is 24.3 Å². The molecule has 0 N–H and O–H groups in total. The Balaban J connectivity index is 1.49. The fourth-order valence-corrected chi connectivity index (χ4v) is 2.62. The second kappa shape index (κ2) is 7.75. The molecule has 0 saturated carbocycles. The highest BCUT2D eigenvalue weighted by Gasteiger charge is 2.13. The summed E-state index contributed by atoms with van der Waals surface area (Å²) in [5, 5.41) is 8.15. The zero-order valence-corrected chi connectivity index (χ0v) is 15.0. The predicted octanol–water partition coefficient (Wildman–Crippen LogP) is 4.63. The molecular formula is C22H16N2O4. The van der Waals surface area contributed by atoms with Crippen molar-refractivity contribution in [1.29, 1.82) is 0 Å². The molecule has 138 valence electrons. The highest BCUT2D eigenvalue weighted by molar-refractivity contribution is 5.91. The average molecular weight is 372 g/mol. The first-order valence-corrected chi connectivity index (χ1v) is 8.58. The largest absolute Gasteiger partial charge is 0.497 e. The molecule has 4 aromatic rings. The number of rotatable bonds is 5. The molecule has 3 aromatic carbocycles. The van der Waals surface area contributed by atoms with Gasteiger partial charge in [-0.3, -0.25) is 0 Å². The second-order valence-corrected chi connectivity index (χ2v) is 5.92. The maximum Gasteiger partial charge on any atom is 0.343 e. The van der Waals surface area contributed by atoms with Crippen LogP contribution in [0.15, 0.2) is 83.3 Å². The van der Waals surface area contributed by atoms with Crippen LogP contribution in [0.25, 0.3) is 22.9 Å². The SMILES string of the molecule is COc1cccc(OC(=O)c2ccc(-c3nnc(-c4ccccc4)o3)cc2)c1. The minimum absolute atomic E-state index is 0.381. The first-order chi connectivity index (χ1) is 13.7. The molecule has 28 heavy (non-hydrogen) atoms. The smallest absolute Gasteiger partial charge is 0.343 e. The number of ether oxygens (including phenoxy) is 2. The molecule has 0 aliphatic carbocycles. The highest BCUT2D eigenvalue weighted by atomic mass is 16.5. The van der Waals surface area contributed by atoms with Gasteiger partial charge in [0, 0.05) is 17.2 Å². The third-order valence-electron chi connectivity index (χ3n) is 4.07. The van der Waals surface area contributed by atoms with E-state index in [1.165, 1.54) is 0 Å². The van der Waals surface area contributed by atoms with E-state index in [1.807, 2.05) is 30.3 Å². The van der Waals surface area contributed by atoms with Gasteiger partial charge in [-0.25, -0.2) is 4.79 Å². The Bertz CT molecular complexity index is 1090. The van der Waals surface area contributed by atoms with Gasteiger partial charge in [-0.2, -0.15) is 0 Å². The molecular weight excluding hydrogens is 356 g/mol. The summed E-state index contributed by atoms with van der Waals surface area (Å²) in [4.78, 5) is 12.3. The Morgan fingerprint density at radius 1 is 0.786 bits per heavy atom. The Morgan fingerprint density at radius 2 is 1.43 bits per heavy atom. The molecule has 6 heteroatoms. The number of methoxy groups -OCH3 is 1. The molecule has 0 radical (unpaired) electrons. The fourth-order valence-electron chi connectivity index (χ4n) is 2.62. The first-order valence-electron chi connectivity index (χ1n) is 8.58. The number of hydrogen-bond acceptors (Lipinski definition) is 6. The van der Waals surface area contributed by atoms with Crippen LogP contribution in [0.3, 0.4) is 0 Å². The molecule has 0 unspecified atom stereocenters. The predicted molar refractivity (Wildman–Crippen MR) is 103 cm³/mol. The summed E-state index contributed by atoms with van der Waals surface area (Å²) in [5.74, 6) is 1.39. The molecule has 1 heterocycles. The lowest BCUT2D eigenvalue weighted by Gasteiger charge is -2.06. The molecule has 0 fully saturated rings. The summed E-state index contributed by atoms with van der Waals surface area (Å²) in [6.07, 6.45) is 0. The second-order valence-electron chi connectivity index (χ2n) is 5.92. The number of aromatic nitrogens is 2. The van der Waals surface area contributed by atoms with E-state index in [0.29, 0.717) is 34.4 Å². The van der Waals surface area contributed by atoms with Gasteiger partial charge in [0.1, 0.15) is 11.5 Å².